The van der Waals surface area contributed by atoms with E-state index >= 15 is 0 Å². The first kappa shape index (κ1) is 23.6. The van der Waals surface area contributed by atoms with Crippen LogP contribution in [0.25, 0.3) is 99.1 Å². The SMILES string of the molecule is [2H]c1c([2H])c(-c2c3ccccc3c(-c3ccccc3-c3ccc(-c4ccccc4)cc3)c3ccccc23)c2c(oc3c([2H])c(-c4ccccc4)c([2H])c([2H])c32)c1[2H]. The monoisotopic (exact) mass is 654 g/mol. The van der Waals surface area contributed by atoms with Gasteiger partial charge in [0.1, 0.15) is 11.2 Å². The van der Waals surface area contributed by atoms with Gasteiger partial charge >= 0.3 is 0 Å². The van der Waals surface area contributed by atoms with Crippen LogP contribution in [0.2, 0.25) is 0 Å². The van der Waals surface area contributed by atoms with Crippen LogP contribution in [-0.4, -0.2) is 0 Å². The van der Waals surface area contributed by atoms with Gasteiger partial charge in [0, 0.05) is 10.8 Å². The lowest BCUT2D eigenvalue weighted by atomic mass is 9.83. The Hall–Kier alpha value is -6.70. The number of benzene rings is 9. The van der Waals surface area contributed by atoms with Crippen molar-refractivity contribution in [2.75, 3.05) is 0 Å². The van der Waals surface area contributed by atoms with Gasteiger partial charge < -0.3 is 4.42 Å². The molecule has 0 fully saturated rings. The van der Waals surface area contributed by atoms with E-state index < -0.39 is 0 Å². The fourth-order valence-electron chi connectivity index (χ4n) is 7.50. The van der Waals surface area contributed by atoms with Gasteiger partial charge in [-0.15, -0.1) is 0 Å². The number of furan rings is 1. The first-order chi connectivity index (χ1) is 27.8. The zero-order chi connectivity index (χ0) is 38.9. The molecule has 1 nitrogen and oxygen atoms in total. The molecule has 0 amide bonds. The number of hydrogen-bond donors (Lipinski definition) is 0. The highest BCUT2D eigenvalue weighted by Crippen LogP contribution is 2.48. The van der Waals surface area contributed by atoms with Crippen LogP contribution in [0.15, 0.2) is 198 Å². The Balaban J connectivity index is 1.29. The van der Waals surface area contributed by atoms with Crippen molar-refractivity contribution in [1.29, 1.82) is 0 Å². The molecule has 1 aromatic heterocycles. The Kier molecular flexibility index (Phi) is 5.56. The molecule has 238 valence electrons. The van der Waals surface area contributed by atoms with Crippen LogP contribution in [0.1, 0.15) is 8.22 Å². The molecule has 51 heavy (non-hydrogen) atoms. The lowest BCUT2D eigenvalue weighted by molar-refractivity contribution is 0.669. The summed E-state index contributed by atoms with van der Waals surface area (Å²) in [7, 11) is 0. The minimum Gasteiger partial charge on any atom is -0.456 e. The predicted molar refractivity (Wildman–Crippen MR) is 216 cm³/mol. The predicted octanol–water partition coefficient (Wildman–Crippen LogP) is 14.2. The van der Waals surface area contributed by atoms with Crippen molar-refractivity contribution in [3.05, 3.63) is 194 Å². The molecule has 1 heterocycles. The first-order valence-electron chi connectivity index (χ1n) is 20.0. The molecule has 1 heteroatoms. The highest BCUT2D eigenvalue weighted by Gasteiger charge is 2.21. The van der Waals surface area contributed by atoms with Gasteiger partial charge in [-0.05, 0) is 95.3 Å². The van der Waals surface area contributed by atoms with E-state index in [1.807, 2.05) is 78.9 Å². The van der Waals surface area contributed by atoms with Crippen LogP contribution in [0, 0.1) is 0 Å². The summed E-state index contributed by atoms with van der Waals surface area (Å²) in [4.78, 5) is 0. The van der Waals surface area contributed by atoms with Crippen molar-refractivity contribution in [2.45, 2.75) is 0 Å². The van der Waals surface area contributed by atoms with Gasteiger partial charge in [0.05, 0.1) is 8.22 Å². The molecular formula is C50H32O. The topological polar surface area (TPSA) is 13.1 Å². The Morgan fingerprint density at radius 1 is 0.333 bits per heavy atom. The molecule has 0 aliphatic heterocycles. The quantitative estimate of drug-likeness (QED) is 0.168. The summed E-state index contributed by atoms with van der Waals surface area (Å²) in [5.41, 5.74) is 8.44. The zero-order valence-corrected chi connectivity index (χ0v) is 27.4. The Labute approximate surface area is 305 Å². The van der Waals surface area contributed by atoms with E-state index in [1.54, 1.807) is 12.1 Å². The molecule has 10 rings (SSSR count). The average Bonchev–Trinajstić information content (AvgIpc) is 3.67. The molecule has 0 atom stereocenters. The van der Waals surface area contributed by atoms with E-state index in [-0.39, 0.29) is 58.4 Å². The molecule has 0 saturated carbocycles. The molecule has 0 spiro atoms. The molecule has 0 aliphatic carbocycles. The lowest BCUT2D eigenvalue weighted by Gasteiger charge is -2.20. The first-order valence-corrected chi connectivity index (χ1v) is 17.0. The number of hydrogen-bond acceptors (Lipinski definition) is 1. The molecule has 10 aromatic rings. The van der Waals surface area contributed by atoms with Gasteiger partial charge in [-0.3, -0.25) is 0 Å². The van der Waals surface area contributed by atoms with Crippen LogP contribution in [0.3, 0.4) is 0 Å². The van der Waals surface area contributed by atoms with Gasteiger partial charge in [-0.2, -0.15) is 0 Å². The van der Waals surface area contributed by atoms with Crippen molar-refractivity contribution in [1.82, 2.24) is 0 Å². The second kappa shape index (κ2) is 12.0. The van der Waals surface area contributed by atoms with E-state index in [0.29, 0.717) is 22.1 Å². The van der Waals surface area contributed by atoms with E-state index in [2.05, 4.69) is 66.7 Å². The second-order valence-corrected chi connectivity index (χ2v) is 12.7. The molecule has 9 aromatic carbocycles. The summed E-state index contributed by atoms with van der Waals surface area (Å²) in [6.07, 6.45) is 0. The third kappa shape index (κ3) is 4.86. The fourth-order valence-corrected chi connectivity index (χ4v) is 7.50. The molecule has 0 aliphatic rings. The van der Waals surface area contributed by atoms with Crippen molar-refractivity contribution < 1.29 is 12.6 Å². The maximum atomic E-state index is 9.51. The van der Waals surface area contributed by atoms with E-state index in [4.69, 9.17) is 8.53 Å². The van der Waals surface area contributed by atoms with Crippen molar-refractivity contribution >= 4 is 43.5 Å². The fraction of sp³-hybridized carbons (Fsp3) is 0. The summed E-state index contributed by atoms with van der Waals surface area (Å²) in [6.45, 7) is 0. The van der Waals surface area contributed by atoms with E-state index in [9.17, 15) is 4.11 Å². The van der Waals surface area contributed by atoms with Crippen molar-refractivity contribution in [2.24, 2.45) is 0 Å². The van der Waals surface area contributed by atoms with E-state index in [0.717, 1.165) is 54.9 Å². The highest BCUT2D eigenvalue weighted by molar-refractivity contribution is 6.26. The summed E-state index contributed by atoms with van der Waals surface area (Å²) in [6, 6.07) is 51.4. The summed E-state index contributed by atoms with van der Waals surface area (Å²) in [5, 5.41) is 4.00. The van der Waals surface area contributed by atoms with Gasteiger partial charge in [0.2, 0.25) is 0 Å². The van der Waals surface area contributed by atoms with Crippen molar-refractivity contribution in [3.63, 3.8) is 0 Å². The zero-order valence-electron chi connectivity index (χ0n) is 33.4. The normalized spacial score (nSPS) is 13.2. The highest BCUT2D eigenvalue weighted by atomic mass is 16.3. The molecule has 0 radical (unpaired) electrons. The van der Waals surface area contributed by atoms with Crippen LogP contribution in [0.4, 0.5) is 0 Å². The molecule has 0 unspecified atom stereocenters. The maximum Gasteiger partial charge on any atom is 0.136 e. The summed E-state index contributed by atoms with van der Waals surface area (Å²) < 4.78 is 61.7. The third-order valence-corrected chi connectivity index (χ3v) is 9.82. The molecule has 0 N–H and O–H groups in total. The summed E-state index contributed by atoms with van der Waals surface area (Å²) in [5.74, 6) is 0. The van der Waals surface area contributed by atoms with Crippen molar-refractivity contribution in [3.8, 4) is 55.6 Å². The van der Waals surface area contributed by atoms with Crippen LogP contribution in [0.5, 0.6) is 0 Å². The minimum atomic E-state index is -0.314. The van der Waals surface area contributed by atoms with Gasteiger partial charge in [-0.1, -0.05) is 176 Å². The minimum absolute atomic E-state index is 0.0224. The van der Waals surface area contributed by atoms with E-state index in [1.165, 1.54) is 0 Å². The van der Waals surface area contributed by atoms with Gasteiger partial charge in [-0.25, -0.2) is 0 Å². The maximum absolute atomic E-state index is 9.51. The molecule has 0 saturated heterocycles. The standard InChI is InChI=1S/C50H32O/c1-3-14-33(15-4-1)35-26-28-36(29-27-35)38-18-7-8-19-39(38)48-40-20-9-11-22-42(40)49(43-23-12-10-21-41(43)48)45-24-13-25-46-50(45)44-31-30-37(32-47(44)51-46)34-16-5-2-6-17-34/h1-32H/i13D,24D,25D,30D,31D,32D. The van der Waals surface area contributed by atoms with Gasteiger partial charge in [0.15, 0.2) is 0 Å². The largest absolute Gasteiger partial charge is 0.456 e. The lowest BCUT2D eigenvalue weighted by Crippen LogP contribution is -1.93. The number of fused-ring (bicyclic) bond motifs is 5. The van der Waals surface area contributed by atoms with Crippen LogP contribution in [-0.2, 0) is 0 Å². The smallest absolute Gasteiger partial charge is 0.136 e. The number of rotatable bonds is 5. The molecule has 0 bridgehead atoms. The summed E-state index contributed by atoms with van der Waals surface area (Å²) >= 11 is 0. The third-order valence-electron chi connectivity index (χ3n) is 9.82. The Morgan fingerprint density at radius 2 is 0.824 bits per heavy atom. The molecular weight excluding hydrogens is 617 g/mol. The van der Waals surface area contributed by atoms with Crippen LogP contribution < -0.4 is 0 Å². The Morgan fingerprint density at radius 3 is 1.45 bits per heavy atom. The van der Waals surface area contributed by atoms with Crippen LogP contribution >= 0.6 is 0 Å². The average molecular weight is 655 g/mol. The second-order valence-electron chi connectivity index (χ2n) is 12.7. The van der Waals surface area contributed by atoms with Gasteiger partial charge in [0.25, 0.3) is 0 Å². The Bertz CT molecular complexity index is 3170.